The smallest absolute Gasteiger partial charge is 0.238 e. The number of anilines is 1. The Morgan fingerprint density at radius 2 is 2.06 bits per heavy atom. The maximum atomic E-state index is 11.5. The van der Waals surface area contributed by atoms with Crippen LogP contribution in [-0.4, -0.2) is 39.9 Å². The number of carbonyl (C=O) groups is 1. The molecule has 0 unspecified atom stereocenters. The second kappa shape index (κ2) is 5.79. The molecule has 0 heterocycles. The fourth-order valence-corrected chi connectivity index (χ4v) is 2.42. The van der Waals surface area contributed by atoms with Crippen LogP contribution in [-0.2, 0) is 14.8 Å². The van der Waals surface area contributed by atoms with Crippen LogP contribution in [0.4, 0.5) is 5.69 Å². The predicted molar refractivity (Wildman–Crippen MR) is 72.7 cm³/mol. The summed E-state index contributed by atoms with van der Waals surface area (Å²) in [5, 5.41) is 7.66. The number of benzene rings is 1. The van der Waals surface area contributed by atoms with Crippen molar-refractivity contribution in [2.24, 2.45) is 5.14 Å². The van der Waals surface area contributed by atoms with Gasteiger partial charge in [-0.25, -0.2) is 13.6 Å². The standard InChI is InChI=1S/C10H14BrN3O3S/c1-14(2)6-10(15)13-9-4-3-7(5-8(9)11)18(12,16)17/h3-5H,6H2,1-2H3,(H,13,15)(H2,12,16,17). The van der Waals surface area contributed by atoms with Gasteiger partial charge in [0.2, 0.25) is 15.9 Å². The highest BCUT2D eigenvalue weighted by Crippen LogP contribution is 2.25. The van der Waals surface area contributed by atoms with Gasteiger partial charge in [0.15, 0.2) is 0 Å². The molecule has 0 saturated carbocycles. The third kappa shape index (κ3) is 4.37. The molecule has 6 nitrogen and oxygen atoms in total. The zero-order chi connectivity index (χ0) is 13.9. The molecule has 0 spiro atoms. The molecule has 0 aliphatic carbocycles. The quantitative estimate of drug-likeness (QED) is 0.842. The van der Waals surface area contributed by atoms with Gasteiger partial charge in [0, 0.05) is 4.47 Å². The van der Waals surface area contributed by atoms with Gasteiger partial charge in [-0.3, -0.25) is 4.79 Å². The fourth-order valence-electron chi connectivity index (χ4n) is 1.25. The topological polar surface area (TPSA) is 92.5 Å². The number of nitrogens with one attached hydrogen (secondary N) is 1. The average molecular weight is 336 g/mol. The lowest BCUT2D eigenvalue weighted by atomic mass is 10.3. The van der Waals surface area contributed by atoms with Gasteiger partial charge >= 0.3 is 0 Å². The number of amides is 1. The number of likely N-dealkylation sites (N-methyl/N-ethyl adjacent to an activating group) is 1. The van der Waals surface area contributed by atoms with Crippen molar-refractivity contribution < 1.29 is 13.2 Å². The van der Waals surface area contributed by atoms with E-state index in [1.54, 1.807) is 19.0 Å². The monoisotopic (exact) mass is 335 g/mol. The predicted octanol–water partition coefficient (Wildman–Crippen LogP) is 0.597. The summed E-state index contributed by atoms with van der Waals surface area (Å²) in [7, 11) is -0.187. The van der Waals surface area contributed by atoms with Crippen molar-refractivity contribution in [3.63, 3.8) is 0 Å². The van der Waals surface area contributed by atoms with Crippen molar-refractivity contribution in [3.05, 3.63) is 22.7 Å². The lowest BCUT2D eigenvalue weighted by Crippen LogP contribution is -2.27. The molecule has 0 bridgehead atoms. The van der Waals surface area contributed by atoms with E-state index in [4.69, 9.17) is 5.14 Å². The molecular weight excluding hydrogens is 322 g/mol. The van der Waals surface area contributed by atoms with Crippen LogP contribution in [0.2, 0.25) is 0 Å². The van der Waals surface area contributed by atoms with Gasteiger partial charge in [-0.1, -0.05) is 0 Å². The van der Waals surface area contributed by atoms with Crippen LogP contribution in [0.15, 0.2) is 27.6 Å². The lowest BCUT2D eigenvalue weighted by Gasteiger charge is -2.11. The van der Waals surface area contributed by atoms with Gasteiger partial charge in [-0.15, -0.1) is 0 Å². The molecule has 0 radical (unpaired) electrons. The summed E-state index contributed by atoms with van der Waals surface area (Å²) in [5.74, 6) is -0.191. The summed E-state index contributed by atoms with van der Waals surface area (Å²) < 4.78 is 22.7. The molecule has 0 saturated heterocycles. The third-order valence-electron chi connectivity index (χ3n) is 2.00. The van der Waals surface area contributed by atoms with E-state index < -0.39 is 10.0 Å². The Bertz CT molecular complexity index is 557. The molecule has 8 heteroatoms. The second-order valence-electron chi connectivity index (χ2n) is 3.97. The van der Waals surface area contributed by atoms with Crippen molar-refractivity contribution in [2.45, 2.75) is 4.90 Å². The van der Waals surface area contributed by atoms with Crippen LogP contribution in [0.3, 0.4) is 0 Å². The Morgan fingerprint density at radius 1 is 1.44 bits per heavy atom. The lowest BCUT2D eigenvalue weighted by molar-refractivity contribution is -0.116. The summed E-state index contributed by atoms with van der Waals surface area (Å²) in [6.07, 6.45) is 0. The van der Waals surface area contributed by atoms with Gasteiger partial charge in [0.25, 0.3) is 0 Å². The second-order valence-corrected chi connectivity index (χ2v) is 6.39. The number of rotatable bonds is 4. The van der Waals surface area contributed by atoms with Crippen molar-refractivity contribution in [1.82, 2.24) is 4.90 Å². The van der Waals surface area contributed by atoms with Crippen LogP contribution in [0.25, 0.3) is 0 Å². The maximum absolute atomic E-state index is 11.5. The van der Waals surface area contributed by atoms with E-state index >= 15 is 0 Å². The molecule has 1 aromatic rings. The van der Waals surface area contributed by atoms with Crippen LogP contribution in [0.1, 0.15) is 0 Å². The number of hydrogen-bond donors (Lipinski definition) is 2. The Hall–Kier alpha value is -0.960. The number of carbonyl (C=O) groups excluding carboxylic acids is 1. The zero-order valence-corrected chi connectivity index (χ0v) is 12.4. The summed E-state index contributed by atoms with van der Waals surface area (Å²) in [6, 6.07) is 4.17. The van der Waals surface area contributed by atoms with Crippen molar-refractivity contribution in [1.29, 1.82) is 0 Å². The minimum Gasteiger partial charge on any atom is -0.324 e. The largest absolute Gasteiger partial charge is 0.324 e. The van der Waals surface area contributed by atoms with E-state index in [0.717, 1.165) is 0 Å². The molecule has 0 aliphatic rings. The van der Waals surface area contributed by atoms with Crippen LogP contribution in [0.5, 0.6) is 0 Å². The Kier molecular flexibility index (Phi) is 4.85. The third-order valence-corrected chi connectivity index (χ3v) is 3.57. The van der Waals surface area contributed by atoms with Crippen LogP contribution in [0, 0.1) is 0 Å². The Balaban J connectivity index is 2.90. The highest BCUT2D eigenvalue weighted by molar-refractivity contribution is 9.10. The van der Waals surface area contributed by atoms with Crippen LogP contribution >= 0.6 is 15.9 Å². The van der Waals surface area contributed by atoms with Gasteiger partial charge in [0.1, 0.15) is 0 Å². The number of nitrogens with two attached hydrogens (primary N) is 1. The molecule has 3 N–H and O–H groups in total. The van der Waals surface area contributed by atoms with E-state index in [2.05, 4.69) is 21.2 Å². The number of primary sulfonamides is 1. The molecule has 18 heavy (non-hydrogen) atoms. The van der Waals surface area contributed by atoms with E-state index in [1.807, 2.05) is 0 Å². The number of halogens is 1. The molecular formula is C10H14BrN3O3S. The molecule has 1 aromatic carbocycles. The van der Waals surface area contributed by atoms with E-state index in [0.29, 0.717) is 10.2 Å². The molecule has 0 atom stereocenters. The van der Waals surface area contributed by atoms with Gasteiger partial charge in [0.05, 0.1) is 17.1 Å². The van der Waals surface area contributed by atoms with E-state index in [9.17, 15) is 13.2 Å². The molecule has 0 aromatic heterocycles. The average Bonchev–Trinajstić information content (AvgIpc) is 2.18. The van der Waals surface area contributed by atoms with Gasteiger partial charge in [-0.2, -0.15) is 0 Å². The normalized spacial score (nSPS) is 11.6. The Morgan fingerprint density at radius 3 is 2.50 bits per heavy atom. The first-order valence-corrected chi connectivity index (χ1v) is 7.31. The summed E-state index contributed by atoms with van der Waals surface area (Å²) in [4.78, 5) is 13.3. The van der Waals surface area contributed by atoms with Gasteiger partial charge in [-0.05, 0) is 48.2 Å². The molecule has 100 valence electrons. The number of sulfonamides is 1. The van der Waals surface area contributed by atoms with Crippen molar-refractivity contribution in [2.75, 3.05) is 26.0 Å². The zero-order valence-electron chi connectivity index (χ0n) is 9.97. The fraction of sp³-hybridized carbons (Fsp3) is 0.300. The van der Waals surface area contributed by atoms with Crippen molar-refractivity contribution in [3.8, 4) is 0 Å². The number of nitrogens with zero attached hydrogens (tertiary/aromatic N) is 1. The summed E-state index contributed by atoms with van der Waals surface area (Å²) in [5.41, 5.74) is 0.495. The number of hydrogen-bond acceptors (Lipinski definition) is 4. The first-order chi connectivity index (χ1) is 8.20. The summed E-state index contributed by atoms with van der Waals surface area (Å²) >= 11 is 3.19. The first kappa shape index (κ1) is 15.1. The summed E-state index contributed by atoms with van der Waals surface area (Å²) in [6.45, 7) is 0.239. The maximum Gasteiger partial charge on any atom is 0.238 e. The minimum absolute atomic E-state index is 0.0139. The van der Waals surface area contributed by atoms with Crippen molar-refractivity contribution >= 4 is 37.5 Å². The first-order valence-electron chi connectivity index (χ1n) is 4.97. The molecule has 0 aliphatic heterocycles. The van der Waals surface area contributed by atoms with E-state index in [1.165, 1.54) is 18.2 Å². The minimum atomic E-state index is -3.74. The molecule has 1 rings (SSSR count). The highest BCUT2D eigenvalue weighted by Gasteiger charge is 2.12. The Labute approximate surface area is 114 Å². The molecule has 0 fully saturated rings. The highest BCUT2D eigenvalue weighted by atomic mass is 79.9. The van der Waals surface area contributed by atoms with E-state index in [-0.39, 0.29) is 17.3 Å². The SMILES string of the molecule is CN(C)CC(=O)Nc1ccc(S(N)(=O)=O)cc1Br. The van der Waals surface area contributed by atoms with Gasteiger partial charge < -0.3 is 10.2 Å². The van der Waals surface area contributed by atoms with Crippen LogP contribution < -0.4 is 10.5 Å². The molecule has 1 amide bonds.